The van der Waals surface area contributed by atoms with E-state index < -0.39 is 10.0 Å². The highest BCUT2D eigenvalue weighted by Crippen LogP contribution is 2.31. The van der Waals surface area contributed by atoms with Crippen LogP contribution >= 0.6 is 0 Å². The molecule has 1 saturated heterocycles. The van der Waals surface area contributed by atoms with Crippen molar-refractivity contribution in [3.05, 3.63) is 29.8 Å². The van der Waals surface area contributed by atoms with Crippen LogP contribution < -0.4 is 5.32 Å². The quantitative estimate of drug-likeness (QED) is 0.791. The number of carbonyl (C=O) groups excluding carboxylic acids is 1. The van der Waals surface area contributed by atoms with Gasteiger partial charge in [0.25, 0.3) is 10.0 Å². The highest BCUT2D eigenvalue weighted by Gasteiger charge is 2.39. The standard InChI is InChI=1S/C20H27N3O4S/c24-13-15-9-7-14(8-10-15)12-21-20(25)17-5-3-11-23(17)19-16-4-1-2-6-18(16)28(26,27)22-19/h1-2,4,6,14-15,17,24H,3,5,7-13H2,(H,21,25)/t14?,15?,17-/m0/s1. The lowest BCUT2D eigenvalue weighted by Gasteiger charge is -2.29. The Morgan fingerprint density at radius 3 is 2.61 bits per heavy atom. The molecule has 152 valence electrons. The van der Waals surface area contributed by atoms with Gasteiger partial charge in [0.15, 0.2) is 5.84 Å². The SMILES string of the molecule is O=C(NCC1CCC(CO)CC1)[C@@H]1CCCN1C1=NS(=O)(=O)c2ccccc21. The summed E-state index contributed by atoms with van der Waals surface area (Å²) in [5.41, 5.74) is 0.588. The molecule has 1 aliphatic carbocycles. The second kappa shape index (κ2) is 7.83. The monoisotopic (exact) mass is 405 g/mol. The van der Waals surface area contributed by atoms with Crippen molar-refractivity contribution in [1.29, 1.82) is 0 Å². The number of likely N-dealkylation sites (tertiary alicyclic amines) is 1. The fourth-order valence-electron chi connectivity index (χ4n) is 4.57. The number of aliphatic hydroxyl groups is 1. The first-order chi connectivity index (χ1) is 13.5. The molecule has 1 saturated carbocycles. The minimum Gasteiger partial charge on any atom is -0.396 e. The molecule has 2 aliphatic heterocycles. The Balaban J connectivity index is 1.42. The number of hydrogen-bond acceptors (Lipinski definition) is 5. The van der Waals surface area contributed by atoms with E-state index in [0.29, 0.717) is 42.7 Å². The van der Waals surface area contributed by atoms with Crippen molar-refractivity contribution in [3.63, 3.8) is 0 Å². The van der Waals surface area contributed by atoms with Crippen molar-refractivity contribution in [2.75, 3.05) is 19.7 Å². The summed E-state index contributed by atoms with van der Waals surface area (Å²) in [4.78, 5) is 14.9. The highest BCUT2D eigenvalue weighted by atomic mass is 32.2. The maximum Gasteiger partial charge on any atom is 0.285 e. The molecule has 28 heavy (non-hydrogen) atoms. The fraction of sp³-hybridized carbons (Fsp3) is 0.600. The third kappa shape index (κ3) is 3.67. The van der Waals surface area contributed by atoms with E-state index in [-0.39, 0.29) is 23.5 Å². The van der Waals surface area contributed by atoms with Crippen LogP contribution in [0.5, 0.6) is 0 Å². The first-order valence-corrected chi connectivity index (χ1v) is 11.5. The summed E-state index contributed by atoms with van der Waals surface area (Å²) in [5, 5.41) is 12.3. The van der Waals surface area contributed by atoms with Gasteiger partial charge in [-0.15, -0.1) is 4.40 Å². The van der Waals surface area contributed by atoms with E-state index in [2.05, 4.69) is 9.71 Å². The zero-order valence-corrected chi connectivity index (χ0v) is 16.7. The Bertz CT molecular complexity index is 875. The lowest BCUT2D eigenvalue weighted by Crippen LogP contribution is -2.47. The van der Waals surface area contributed by atoms with E-state index in [9.17, 15) is 18.3 Å². The summed E-state index contributed by atoms with van der Waals surface area (Å²) in [6.07, 6.45) is 5.61. The number of amidine groups is 1. The van der Waals surface area contributed by atoms with Gasteiger partial charge in [-0.2, -0.15) is 8.42 Å². The van der Waals surface area contributed by atoms with Gasteiger partial charge in [-0.25, -0.2) is 0 Å². The van der Waals surface area contributed by atoms with Gasteiger partial charge >= 0.3 is 0 Å². The second-order valence-electron chi connectivity index (χ2n) is 8.05. The third-order valence-electron chi connectivity index (χ3n) is 6.23. The molecule has 3 aliphatic rings. The first kappa shape index (κ1) is 19.4. The smallest absolute Gasteiger partial charge is 0.285 e. The van der Waals surface area contributed by atoms with Gasteiger partial charge in [0, 0.05) is 25.3 Å². The van der Waals surface area contributed by atoms with Gasteiger partial charge in [0.05, 0.1) is 0 Å². The van der Waals surface area contributed by atoms with Crippen molar-refractivity contribution in [2.24, 2.45) is 16.2 Å². The van der Waals surface area contributed by atoms with Crippen molar-refractivity contribution < 1.29 is 18.3 Å². The van der Waals surface area contributed by atoms with Crippen molar-refractivity contribution in [3.8, 4) is 0 Å². The Morgan fingerprint density at radius 2 is 1.86 bits per heavy atom. The molecule has 2 fully saturated rings. The number of aliphatic hydroxyl groups excluding tert-OH is 1. The van der Waals surface area contributed by atoms with Gasteiger partial charge in [-0.05, 0) is 62.5 Å². The normalized spacial score (nSPS) is 28.7. The van der Waals surface area contributed by atoms with E-state index in [1.165, 1.54) is 0 Å². The molecule has 1 aromatic rings. The molecular formula is C20H27N3O4S. The van der Waals surface area contributed by atoms with Crippen LogP contribution in [0.15, 0.2) is 33.6 Å². The predicted molar refractivity (Wildman–Crippen MR) is 105 cm³/mol. The number of benzene rings is 1. The molecule has 0 bridgehead atoms. The fourth-order valence-corrected chi connectivity index (χ4v) is 5.79. The van der Waals surface area contributed by atoms with Crippen LogP contribution in [0.2, 0.25) is 0 Å². The number of sulfonamides is 1. The number of rotatable bonds is 4. The predicted octanol–water partition coefficient (Wildman–Crippen LogP) is 1.51. The molecule has 0 unspecified atom stereocenters. The maximum absolute atomic E-state index is 12.9. The van der Waals surface area contributed by atoms with Gasteiger partial charge < -0.3 is 15.3 Å². The molecule has 0 radical (unpaired) electrons. The molecule has 2 heterocycles. The summed E-state index contributed by atoms with van der Waals surface area (Å²) in [6.45, 7) is 1.52. The molecule has 1 amide bonds. The van der Waals surface area contributed by atoms with E-state index in [1.54, 1.807) is 24.3 Å². The molecule has 8 heteroatoms. The summed E-state index contributed by atoms with van der Waals surface area (Å²) >= 11 is 0. The number of nitrogens with zero attached hydrogens (tertiary/aromatic N) is 2. The van der Waals surface area contributed by atoms with Crippen LogP contribution in [0.3, 0.4) is 0 Å². The van der Waals surface area contributed by atoms with Crippen molar-refractivity contribution >= 4 is 21.8 Å². The van der Waals surface area contributed by atoms with Crippen LogP contribution in [-0.4, -0.2) is 55.9 Å². The molecule has 7 nitrogen and oxygen atoms in total. The zero-order valence-electron chi connectivity index (χ0n) is 15.9. The Labute approximate surface area is 165 Å². The molecular weight excluding hydrogens is 378 g/mol. The summed E-state index contributed by atoms with van der Waals surface area (Å²) in [7, 11) is -3.68. The van der Waals surface area contributed by atoms with Gasteiger partial charge in [0.2, 0.25) is 5.91 Å². The lowest BCUT2D eigenvalue weighted by molar-refractivity contribution is -0.124. The van der Waals surface area contributed by atoms with Gasteiger partial charge in [-0.1, -0.05) is 12.1 Å². The third-order valence-corrected chi connectivity index (χ3v) is 7.55. The van der Waals surface area contributed by atoms with Crippen LogP contribution in [0.25, 0.3) is 0 Å². The van der Waals surface area contributed by atoms with E-state index in [4.69, 9.17) is 0 Å². The van der Waals surface area contributed by atoms with Gasteiger partial charge in [-0.3, -0.25) is 4.79 Å². The average molecular weight is 406 g/mol. The Kier molecular flexibility index (Phi) is 5.42. The number of hydrogen-bond donors (Lipinski definition) is 2. The number of fused-ring (bicyclic) bond motifs is 1. The van der Waals surface area contributed by atoms with Crippen molar-refractivity contribution in [1.82, 2.24) is 10.2 Å². The average Bonchev–Trinajstić information content (AvgIpc) is 3.29. The highest BCUT2D eigenvalue weighted by molar-refractivity contribution is 7.90. The number of amides is 1. The second-order valence-corrected chi connectivity index (χ2v) is 9.62. The minimum absolute atomic E-state index is 0.0498. The lowest BCUT2D eigenvalue weighted by atomic mass is 9.82. The van der Waals surface area contributed by atoms with E-state index in [0.717, 1.165) is 32.1 Å². The Hall–Kier alpha value is -1.93. The largest absolute Gasteiger partial charge is 0.396 e. The molecule has 4 rings (SSSR count). The van der Waals surface area contributed by atoms with E-state index >= 15 is 0 Å². The van der Waals surface area contributed by atoms with Crippen LogP contribution in [0.4, 0.5) is 0 Å². The zero-order chi connectivity index (χ0) is 19.7. The Morgan fingerprint density at radius 1 is 1.14 bits per heavy atom. The first-order valence-electron chi connectivity index (χ1n) is 10.1. The maximum atomic E-state index is 12.9. The van der Waals surface area contributed by atoms with Crippen LogP contribution in [0.1, 0.15) is 44.1 Å². The molecule has 2 N–H and O–H groups in total. The molecule has 1 aromatic carbocycles. The summed E-state index contributed by atoms with van der Waals surface area (Å²) < 4.78 is 28.7. The topological polar surface area (TPSA) is 99.1 Å². The summed E-state index contributed by atoms with van der Waals surface area (Å²) in [5.74, 6) is 1.20. The number of nitrogens with one attached hydrogen (secondary N) is 1. The number of carbonyl (C=O) groups is 1. The molecule has 0 aromatic heterocycles. The van der Waals surface area contributed by atoms with E-state index in [1.807, 2.05) is 4.90 Å². The van der Waals surface area contributed by atoms with Gasteiger partial charge in [0.1, 0.15) is 10.9 Å². The van der Waals surface area contributed by atoms with Crippen LogP contribution in [-0.2, 0) is 14.8 Å². The van der Waals surface area contributed by atoms with Crippen molar-refractivity contribution in [2.45, 2.75) is 49.5 Å². The summed E-state index contributed by atoms with van der Waals surface area (Å²) in [6, 6.07) is 6.42. The molecule has 0 spiro atoms. The van der Waals surface area contributed by atoms with Crippen LogP contribution in [0, 0.1) is 11.8 Å². The minimum atomic E-state index is -3.68. The molecule has 1 atom stereocenters.